The summed E-state index contributed by atoms with van der Waals surface area (Å²) in [6, 6.07) is 22.2. The van der Waals surface area contributed by atoms with Crippen LogP contribution in [0.1, 0.15) is 5.56 Å². The zero-order chi connectivity index (χ0) is 30.0. The number of nitrogens with one attached hydrogen (secondary N) is 1. The number of ether oxygens (including phenoxy) is 1. The van der Waals surface area contributed by atoms with Gasteiger partial charge in [-0.3, -0.25) is 20.1 Å². The molecule has 11 heteroatoms. The zero-order valence-corrected chi connectivity index (χ0v) is 23.9. The normalized spacial score (nSPS) is 12.5. The lowest BCUT2D eigenvalue weighted by Gasteiger charge is -2.27. The van der Waals surface area contributed by atoms with Gasteiger partial charge in [-0.15, -0.1) is 0 Å². The van der Waals surface area contributed by atoms with Crippen molar-refractivity contribution in [1.29, 1.82) is 0 Å². The molecule has 1 N–H and O–H groups in total. The molecule has 0 saturated carbocycles. The number of aromatic amines is 1. The summed E-state index contributed by atoms with van der Waals surface area (Å²) in [7, 11) is -2.84. The van der Waals surface area contributed by atoms with Crippen molar-refractivity contribution in [2.45, 2.75) is 17.4 Å². The van der Waals surface area contributed by atoms with Crippen molar-refractivity contribution in [3.05, 3.63) is 126 Å². The Morgan fingerprint density at radius 1 is 0.930 bits per heavy atom. The van der Waals surface area contributed by atoms with E-state index in [2.05, 4.69) is 15.0 Å². The summed E-state index contributed by atoms with van der Waals surface area (Å²) < 4.78 is 34.9. The van der Waals surface area contributed by atoms with E-state index in [-0.39, 0.29) is 11.5 Å². The van der Waals surface area contributed by atoms with Gasteiger partial charge in [-0.1, -0.05) is 42.5 Å². The molecule has 0 fully saturated rings. The second-order valence-electron chi connectivity index (χ2n) is 10.1. The maximum absolute atomic E-state index is 13.8. The number of likely N-dealkylation sites (N-methyl/N-ethyl adjacent to an activating group) is 1. The number of nitrogens with zero attached hydrogens (tertiary/aromatic N) is 4. The van der Waals surface area contributed by atoms with Crippen LogP contribution in [0.25, 0.3) is 32.8 Å². The summed E-state index contributed by atoms with van der Waals surface area (Å²) in [5, 5.41) is 14.7. The zero-order valence-electron chi connectivity index (χ0n) is 23.1. The SMILES string of the molecule is CN(C(COc1cncc(-c2ccc3cnccc3c2)c1)Cc1c[nH]c2ccccc12)S(=O)(=O)c1ccccc1[N+](=O)[O-]. The van der Waals surface area contributed by atoms with Crippen molar-refractivity contribution in [2.24, 2.45) is 0 Å². The van der Waals surface area contributed by atoms with Crippen molar-refractivity contribution in [3.63, 3.8) is 0 Å². The van der Waals surface area contributed by atoms with Gasteiger partial charge in [0, 0.05) is 59.8 Å². The first-order chi connectivity index (χ1) is 20.8. The number of fused-ring (bicyclic) bond motifs is 2. The van der Waals surface area contributed by atoms with Gasteiger partial charge in [-0.2, -0.15) is 4.31 Å². The van der Waals surface area contributed by atoms with Crippen LogP contribution < -0.4 is 4.74 Å². The molecular formula is C32H27N5O5S. The average molecular weight is 594 g/mol. The molecule has 6 aromatic rings. The van der Waals surface area contributed by atoms with E-state index in [1.54, 1.807) is 24.8 Å². The molecule has 43 heavy (non-hydrogen) atoms. The van der Waals surface area contributed by atoms with Gasteiger partial charge in [-0.25, -0.2) is 8.42 Å². The predicted molar refractivity (Wildman–Crippen MR) is 164 cm³/mol. The fourth-order valence-electron chi connectivity index (χ4n) is 5.14. The van der Waals surface area contributed by atoms with Crippen LogP contribution in [-0.4, -0.2) is 52.3 Å². The summed E-state index contributed by atoms with van der Waals surface area (Å²) in [6.07, 6.45) is 9.01. The Balaban J connectivity index is 1.31. The number of nitro groups is 1. The second kappa shape index (κ2) is 11.6. The lowest BCUT2D eigenvalue weighted by molar-refractivity contribution is -0.387. The number of rotatable bonds is 10. The minimum Gasteiger partial charge on any atom is -0.490 e. The third-order valence-corrected chi connectivity index (χ3v) is 9.45. The summed E-state index contributed by atoms with van der Waals surface area (Å²) in [4.78, 5) is 22.4. The Bertz CT molecular complexity index is 2060. The summed E-state index contributed by atoms with van der Waals surface area (Å²) in [6.45, 7) is -0.0234. The van der Waals surface area contributed by atoms with Crippen LogP contribution >= 0.6 is 0 Å². The number of aromatic nitrogens is 3. The number of para-hydroxylation sites is 2. The Morgan fingerprint density at radius 2 is 1.74 bits per heavy atom. The fourth-order valence-corrected chi connectivity index (χ4v) is 6.63. The van der Waals surface area contributed by atoms with Gasteiger partial charge in [0.2, 0.25) is 10.0 Å². The van der Waals surface area contributed by atoms with Gasteiger partial charge >= 0.3 is 0 Å². The minimum absolute atomic E-state index is 0.0234. The van der Waals surface area contributed by atoms with Gasteiger partial charge < -0.3 is 9.72 Å². The molecule has 0 spiro atoms. The van der Waals surface area contributed by atoms with Gasteiger partial charge in [-0.05, 0) is 53.3 Å². The highest BCUT2D eigenvalue weighted by molar-refractivity contribution is 7.89. The van der Waals surface area contributed by atoms with Crippen LogP contribution in [-0.2, 0) is 16.4 Å². The number of sulfonamides is 1. The van der Waals surface area contributed by atoms with Crippen LogP contribution in [0.2, 0.25) is 0 Å². The lowest BCUT2D eigenvalue weighted by Crippen LogP contribution is -2.42. The van der Waals surface area contributed by atoms with Crippen LogP contribution in [0.15, 0.2) is 115 Å². The molecule has 10 nitrogen and oxygen atoms in total. The Kier molecular flexibility index (Phi) is 7.58. The van der Waals surface area contributed by atoms with E-state index in [0.29, 0.717) is 12.2 Å². The van der Waals surface area contributed by atoms with Gasteiger partial charge in [0.1, 0.15) is 12.4 Å². The van der Waals surface area contributed by atoms with Crippen molar-refractivity contribution in [1.82, 2.24) is 19.3 Å². The highest BCUT2D eigenvalue weighted by Gasteiger charge is 2.34. The molecule has 1 atom stereocenters. The molecular weight excluding hydrogens is 566 g/mol. The van der Waals surface area contributed by atoms with Crippen LogP contribution in [0.4, 0.5) is 5.69 Å². The number of hydrogen-bond donors (Lipinski definition) is 1. The highest BCUT2D eigenvalue weighted by atomic mass is 32.2. The Hall–Kier alpha value is -5.13. The molecule has 0 amide bonds. The molecule has 0 saturated heterocycles. The third kappa shape index (κ3) is 5.68. The van der Waals surface area contributed by atoms with E-state index in [1.807, 2.05) is 60.8 Å². The first-order valence-electron chi connectivity index (χ1n) is 13.5. The Labute approximate surface area is 247 Å². The highest BCUT2D eigenvalue weighted by Crippen LogP contribution is 2.30. The van der Waals surface area contributed by atoms with E-state index in [9.17, 15) is 18.5 Å². The van der Waals surface area contributed by atoms with Crippen molar-refractivity contribution in [3.8, 4) is 16.9 Å². The van der Waals surface area contributed by atoms with Gasteiger partial charge in [0.15, 0.2) is 4.90 Å². The predicted octanol–water partition coefficient (Wildman–Crippen LogP) is 6.00. The number of nitro benzene ring substituents is 1. The molecule has 3 heterocycles. The molecule has 0 aliphatic rings. The summed E-state index contributed by atoms with van der Waals surface area (Å²) in [5.41, 5.74) is 3.12. The van der Waals surface area contributed by atoms with Crippen LogP contribution in [0.3, 0.4) is 0 Å². The molecule has 216 valence electrons. The quantitative estimate of drug-likeness (QED) is 0.152. The van der Waals surface area contributed by atoms with E-state index in [1.165, 1.54) is 31.3 Å². The topological polar surface area (TPSA) is 131 Å². The van der Waals surface area contributed by atoms with Gasteiger partial charge in [0.25, 0.3) is 5.69 Å². The number of pyridine rings is 2. The average Bonchev–Trinajstić information content (AvgIpc) is 3.45. The Morgan fingerprint density at radius 3 is 2.60 bits per heavy atom. The van der Waals surface area contributed by atoms with Crippen molar-refractivity contribution < 1.29 is 18.1 Å². The number of H-pyrrole nitrogens is 1. The van der Waals surface area contributed by atoms with Crippen molar-refractivity contribution in [2.75, 3.05) is 13.7 Å². The molecule has 0 aliphatic heterocycles. The van der Waals surface area contributed by atoms with E-state index < -0.39 is 26.7 Å². The summed E-state index contributed by atoms with van der Waals surface area (Å²) in [5.74, 6) is 0.466. The second-order valence-corrected chi connectivity index (χ2v) is 12.1. The molecule has 0 radical (unpaired) electrons. The monoisotopic (exact) mass is 593 g/mol. The summed E-state index contributed by atoms with van der Waals surface area (Å²) >= 11 is 0. The molecule has 6 rings (SSSR count). The van der Waals surface area contributed by atoms with E-state index >= 15 is 0 Å². The maximum atomic E-state index is 13.8. The van der Waals surface area contributed by atoms with Crippen LogP contribution in [0.5, 0.6) is 5.75 Å². The van der Waals surface area contributed by atoms with E-state index in [4.69, 9.17) is 4.74 Å². The van der Waals surface area contributed by atoms with E-state index in [0.717, 1.165) is 42.7 Å². The largest absolute Gasteiger partial charge is 0.490 e. The van der Waals surface area contributed by atoms with Crippen LogP contribution in [0, 0.1) is 10.1 Å². The lowest BCUT2D eigenvalue weighted by atomic mass is 10.0. The molecule has 3 aromatic carbocycles. The minimum atomic E-state index is -4.27. The smallest absolute Gasteiger partial charge is 0.289 e. The maximum Gasteiger partial charge on any atom is 0.289 e. The third-order valence-electron chi connectivity index (χ3n) is 7.49. The number of benzene rings is 3. The standard InChI is InChI=1S/C32H27N5O5S/c1-36(43(40,41)32-9-5-4-8-31(32)37(38)39)27(15-26-19-35-30-7-3-2-6-29(26)30)21-42-28-16-25(18-34-20-28)22-10-11-24-17-33-13-12-23(24)14-22/h2-14,16-20,27,35H,15,21H2,1H3. The van der Waals surface area contributed by atoms with Crippen molar-refractivity contribution >= 4 is 37.4 Å². The fraction of sp³-hybridized carbons (Fsp3) is 0.125. The first kappa shape index (κ1) is 28.0. The molecule has 1 unspecified atom stereocenters. The molecule has 3 aromatic heterocycles. The number of hydrogen-bond acceptors (Lipinski definition) is 7. The van der Waals surface area contributed by atoms with Gasteiger partial charge in [0.05, 0.1) is 17.2 Å². The molecule has 0 bridgehead atoms. The molecule has 0 aliphatic carbocycles. The first-order valence-corrected chi connectivity index (χ1v) is 14.9.